The van der Waals surface area contributed by atoms with Crippen LogP contribution in [0.25, 0.3) is 98.8 Å². The topological polar surface area (TPSA) is 13.1 Å². The van der Waals surface area contributed by atoms with Gasteiger partial charge in [0.1, 0.15) is 11.2 Å². The predicted molar refractivity (Wildman–Crippen MR) is 208 cm³/mol. The van der Waals surface area contributed by atoms with Crippen LogP contribution in [0.15, 0.2) is 186 Å². The van der Waals surface area contributed by atoms with E-state index in [4.69, 9.17) is 14.0 Å². The van der Waals surface area contributed by atoms with E-state index in [-0.39, 0.29) is 45.6 Å². The summed E-state index contributed by atoms with van der Waals surface area (Å²) in [5, 5.41) is 5.27. The van der Waals surface area contributed by atoms with Gasteiger partial charge in [0.15, 0.2) is 0 Å². The van der Waals surface area contributed by atoms with Crippen LogP contribution in [0, 0.1) is 0 Å². The van der Waals surface area contributed by atoms with Gasteiger partial charge < -0.3 is 4.42 Å². The first-order valence-electron chi connectivity index (χ1n) is 21.5. The van der Waals surface area contributed by atoms with E-state index in [1.807, 2.05) is 60.7 Å². The van der Waals surface area contributed by atoms with Gasteiger partial charge in [0.25, 0.3) is 0 Å². The van der Waals surface area contributed by atoms with Crippen LogP contribution in [0.3, 0.4) is 0 Å². The van der Waals surface area contributed by atoms with Crippen LogP contribution in [0.5, 0.6) is 0 Å². The molecular weight excluding hydrogens is 593 g/mol. The van der Waals surface area contributed by atoms with Crippen LogP contribution in [0.1, 0.15) is 15.1 Å². The molecule has 1 heteroatoms. The maximum Gasteiger partial charge on any atom is 0.136 e. The van der Waals surface area contributed by atoms with Crippen LogP contribution < -0.4 is 0 Å². The van der Waals surface area contributed by atoms with Crippen molar-refractivity contribution < 1.29 is 19.5 Å². The van der Waals surface area contributed by atoms with E-state index < -0.39 is 59.5 Å². The van der Waals surface area contributed by atoms with Gasteiger partial charge in [-0.2, -0.15) is 0 Å². The number of hydrogen-bond donors (Lipinski definition) is 0. The highest BCUT2D eigenvalue weighted by atomic mass is 16.3. The molecule has 0 unspecified atom stereocenters. The number of hydrogen-bond acceptors (Lipinski definition) is 1. The van der Waals surface area contributed by atoms with Gasteiger partial charge in [0, 0.05) is 10.8 Å². The van der Waals surface area contributed by atoms with Gasteiger partial charge in [-0.25, -0.2) is 0 Å². The molecule has 0 radical (unpaired) electrons. The lowest BCUT2D eigenvalue weighted by atomic mass is 9.85. The third-order valence-electron chi connectivity index (χ3n) is 9.22. The number of rotatable bonds is 4. The van der Waals surface area contributed by atoms with Gasteiger partial charge in [0.2, 0.25) is 0 Å². The molecule has 228 valence electrons. The Balaban J connectivity index is 1.23. The van der Waals surface area contributed by atoms with Gasteiger partial charge in [-0.3, -0.25) is 0 Å². The average Bonchev–Trinajstić information content (AvgIpc) is 3.69. The van der Waals surface area contributed by atoms with E-state index in [1.165, 1.54) is 0 Å². The molecule has 0 saturated heterocycles. The van der Waals surface area contributed by atoms with Crippen LogP contribution in [0.2, 0.25) is 0 Å². The van der Waals surface area contributed by atoms with E-state index in [1.54, 1.807) is 0 Å². The summed E-state index contributed by atoms with van der Waals surface area (Å²) >= 11 is 0. The molecule has 1 aromatic heterocycles. The summed E-state index contributed by atoms with van der Waals surface area (Å²) in [7, 11) is 0. The molecule has 1 nitrogen and oxygen atoms in total. The van der Waals surface area contributed by atoms with E-state index in [2.05, 4.69) is 54.6 Å². The largest absolute Gasteiger partial charge is 0.456 e. The monoisotopic (exact) mass is 633 g/mol. The van der Waals surface area contributed by atoms with Crippen molar-refractivity contribution in [3.63, 3.8) is 0 Å². The summed E-state index contributed by atoms with van der Waals surface area (Å²) in [5.41, 5.74) is 3.53. The maximum absolute atomic E-state index is 9.64. The Labute approximate surface area is 299 Å². The third kappa shape index (κ3) is 4.47. The smallest absolute Gasteiger partial charge is 0.136 e. The lowest BCUT2D eigenvalue weighted by molar-refractivity contribution is 0.669. The fourth-order valence-corrected chi connectivity index (χ4v) is 7.02. The molecule has 0 spiro atoms. The van der Waals surface area contributed by atoms with E-state index in [0.29, 0.717) is 5.56 Å². The highest BCUT2D eigenvalue weighted by Crippen LogP contribution is 2.45. The molecule has 9 aromatic carbocycles. The summed E-state index contributed by atoms with van der Waals surface area (Å²) in [5.74, 6) is 0. The second kappa shape index (κ2) is 11.1. The molecule has 10 aromatic rings. The molecule has 0 bridgehead atoms. The second-order valence-electron chi connectivity index (χ2n) is 12.0. The number of fused-ring (bicyclic) bond motifs is 6. The molecule has 0 atom stereocenters. The SMILES string of the molecule is [2H]c1c([2H])c([2H])c(-c2c([2H])c([2H])c3oc4c([2H])c(-c5c6ccccc6c(-c6ccc(-c7cccc8ccccc78)cc6)c6ccccc56)c([2H])c([2H])c4c3c2[2H])c([2H])c1[2H]. The summed E-state index contributed by atoms with van der Waals surface area (Å²) < 4.78 is 103. The first-order valence-corrected chi connectivity index (χ1v) is 16.0. The number of furan rings is 1. The standard InChI is InChI=1S/C48H30O/c1-2-11-31(12-3-1)35-26-28-45-44(29-35)39-27-25-36(30-46(39)49-45)48-42-18-8-6-16-40(42)47(41-17-7-9-19-43(41)48)34-23-21-33(22-24-34)38-20-10-14-32-13-4-5-15-37(32)38/h1-30H/i1D,2D,3D,11D,12D,25D,26D,27D,28D,29D,30D. The van der Waals surface area contributed by atoms with Crippen molar-refractivity contribution in [3.8, 4) is 44.5 Å². The highest BCUT2D eigenvalue weighted by molar-refractivity contribution is 6.22. The Bertz CT molecular complexity index is 3410. The lowest BCUT2D eigenvalue weighted by Gasteiger charge is -2.18. The zero-order chi connectivity index (χ0) is 41.9. The first-order chi connectivity index (χ1) is 28.9. The Morgan fingerprint density at radius 1 is 0.347 bits per heavy atom. The molecule has 0 aliphatic carbocycles. The molecule has 1 heterocycles. The van der Waals surface area contributed by atoms with Gasteiger partial charge in [-0.15, -0.1) is 0 Å². The van der Waals surface area contributed by atoms with Crippen molar-refractivity contribution in [1.29, 1.82) is 0 Å². The third-order valence-corrected chi connectivity index (χ3v) is 9.22. The van der Waals surface area contributed by atoms with Crippen LogP contribution in [-0.4, -0.2) is 0 Å². The van der Waals surface area contributed by atoms with Gasteiger partial charge >= 0.3 is 0 Å². The molecule has 49 heavy (non-hydrogen) atoms. The van der Waals surface area contributed by atoms with Gasteiger partial charge in [-0.1, -0.05) is 158 Å². The summed E-state index contributed by atoms with van der Waals surface area (Å²) in [6.07, 6.45) is 0. The van der Waals surface area contributed by atoms with Gasteiger partial charge in [0.05, 0.1) is 15.1 Å². The Kier molecular flexibility index (Phi) is 4.25. The maximum atomic E-state index is 9.64. The minimum Gasteiger partial charge on any atom is -0.456 e. The van der Waals surface area contributed by atoms with E-state index >= 15 is 0 Å². The molecule has 0 aliphatic rings. The first kappa shape index (κ1) is 18.8. The molecule has 0 aliphatic heterocycles. The van der Waals surface area contributed by atoms with Crippen LogP contribution >= 0.6 is 0 Å². The zero-order valence-corrected chi connectivity index (χ0v) is 25.9. The Hall–Kier alpha value is -6.44. The Morgan fingerprint density at radius 2 is 0.939 bits per heavy atom. The minimum atomic E-state index is -0.662. The van der Waals surface area contributed by atoms with Crippen LogP contribution in [0.4, 0.5) is 0 Å². The summed E-state index contributed by atoms with van der Waals surface area (Å²) in [6, 6.07) is 32.7. The minimum absolute atomic E-state index is 0.104. The molecule has 0 N–H and O–H groups in total. The van der Waals surface area contributed by atoms with E-state index in [9.17, 15) is 5.48 Å². The fraction of sp³-hybridized carbons (Fsp3) is 0. The molecule has 0 amide bonds. The summed E-state index contributed by atoms with van der Waals surface area (Å²) in [4.78, 5) is 0. The summed E-state index contributed by atoms with van der Waals surface area (Å²) in [6.45, 7) is 0. The molecule has 0 saturated carbocycles. The Morgan fingerprint density at radius 3 is 1.65 bits per heavy atom. The predicted octanol–water partition coefficient (Wildman–Crippen LogP) is 13.7. The van der Waals surface area contributed by atoms with Crippen LogP contribution in [-0.2, 0) is 0 Å². The second-order valence-corrected chi connectivity index (χ2v) is 12.0. The fourth-order valence-electron chi connectivity index (χ4n) is 7.02. The van der Waals surface area contributed by atoms with Crippen molar-refractivity contribution in [2.75, 3.05) is 0 Å². The van der Waals surface area contributed by atoms with Crippen molar-refractivity contribution in [2.45, 2.75) is 0 Å². The van der Waals surface area contributed by atoms with Crippen molar-refractivity contribution in [1.82, 2.24) is 0 Å². The van der Waals surface area contributed by atoms with E-state index in [0.717, 1.165) is 54.6 Å². The van der Waals surface area contributed by atoms with Crippen molar-refractivity contribution in [2.24, 2.45) is 0 Å². The quantitative estimate of drug-likeness (QED) is 0.176. The van der Waals surface area contributed by atoms with Gasteiger partial charge in [-0.05, 0) is 101 Å². The average molecular weight is 634 g/mol. The molecule has 10 rings (SSSR count). The normalized spacial score (nSPS) is 14.8. The van der Waals surface area contributed by atoms with Crippen molar-refractivity contribution >= 4 is 54.3 Å². The number of benzene rings is 9. The zero-order valence-electron chi connectivity index (χ0n) is 36.9. The van der Waals surface area contributed by atoms with Crippen molar-refractivity contribution in [3.05, 3.63) is 182 Å². The molecular formula is C48H30O. The lowest BCUT2D eigenvalue weighted by Crippen LogP contribution is -1.91. The highest BCUT2D eigenvalue weighted by Gasteiger charge is 2.18. The molecule has 0 fully saturated rings.